The van der Waals surface area contributed by atoms with Gasteiger partial charge in [-0.15, -0.1) is 0 Å². The fraction of sp³-hybridized carbons (Fsp3) is 0. The zero-order chi connectivity index (χ0) is 10.3. The highest BCUT2D eigenvalue weighted by Crippen LogP contribution is 2.11. The average molecular weight is 213 g/mol. The predicted octanol–water partition coefficient (Wildman–Crippen LogP) is 3.98. The molecular formula is C13H11NS. The second-order valence-corrected chi connectivity index (χ2v) is 3.73. The zero-order valence-electron chi connectivity index (χ0n) is 8.21. The van der Waals surface area contributed by atoms with Crippen LogP contribution >= 0.6 is 11.5 Å². The summed E-state index contributed by atoms with van der Waals surface area (Å²) >= 11 is 1.46. The molecule has 1 heterocycles. The number of hydrogen-bond acceptors (Lipinski definition) is 2. The first-order valence-corrected chi connectivity index (χ1v) is 5.58. The van der Waals surface area contributed by atoms with E-state index in [1.54, 1.807) is 6.20 Å². The summed E-state index contributed by atoms with van der Waals surface area (Å²) in [6.07, 6.45) is 1.77. The lowest BCUT2D eigenvalue weighted by molar-refractivity contribution is 1.58. The summed E-state index contributed by atoms with van der Waals surface area (Å²) in [5, 5.41) is 4.55. The fourth-order valence-electron chi connectivity index (χ4n) is 1.31. The van der Waals surface area contributed by atoms with Gasteiger partial charge < -0.3 is 0 Å². The lowest BCUT2D eigenvalue weighted by Gasteiger charge is -1.92. The molecule has 0 N–H and O–H groups in total. The van der Waals surface area contributed by atoms with E-state index >= 15 is 0 Å². The summed E-state index contributed by atoms with van der Waals surface area (Å²) in [6, 6.07) is 18.6. The Hall–Kier alpha value is -1.67. The SMILES string of the molecule is c1ccc2ccccc2c1.c1cnsc1. The minimum atomic E-state index is 1.31. The van der Waals surface area contributed by atoms with Gasteiger partial charge in [-0.25, -0.2) is 4.37 Å². The Labute approximate surface area is 93.2 Å². The van der Waals surface area contributed by atoms with E-state index in [1.807, 2.05) is 11.4 Å². The third-order valence-electron chi connectivity index (χ3n) is 2.01. The van der Waals surface area contributed by atoms with Crippen LogP contribution in [-0.2, 0) is 0 Å². The van der Waals surface area contributed by atoms with Crippen molar-refractivity contribution in [3.8, 4) is 0 Å². The van der Waals surface area contributed by atoms with Crippen LogP contribution in [0, 0.1) is 0 Å². The van der Waals surface area contributed by atoms with Crippen molar-refractivity contribution in [3.63, 3.8) is 0 Å². The Morgan fingerprint density at radius 3 is 1.53 bits per heavy atom. The smallest absolute Gasteiger partial charge is 0.0406 e. The Bertz CT molecular complexity index is 420. The maximum absolute atomic E-state index is 3.76. The molecule has 0 spiro atoms. The number of hydrogen-bond donors (Lipinski definition) is 0. The number of nitrogens with zero attached hydrogens (tertiary/aromatic N) is 1. The molecule has 0 bridgehead atoms. The lowest BCUT2D eigenvalue weighted by Crippen LogP contribution is -1.67. The van der Waals surface area contributed by atoms with Gasteiger partial charge in [0, 0.05) is 11.6 Å². The van der Waals surface area contributed by atoms with Gasteiger partial charge in [0.05, 0.1) is 0 Å². The highest BCUT2D eigenvalue weighted by atomic mass is 32.1. The molecule has 0 unspecified atom stereocenters. The van der Waals surface area contributed by atoms with E-state index in [0.29, 0.717) is 0 Å². The third-order valence-corrected chi connectivity index (χ3v) is 2.53. The molecule has 74 valence electrons. The number of benzene rings is 2. The molecule has 0 aliphatic heterocycles. The molecule has 0 fully saturated rings. The van der Waals surface area contributed by atoms with Crippen LogP contribution in [0.2, 0.25) is 0 Å². The first-order valence-electron chi connectivity index (χ1n) is 4.75. The molecule has 3 aromatic rings. The summed E-state index contributed by atoms with van der Waals surface area (Å²) in [7, 11) is 0. The molecule has 0 aliphatic carbocycles. The van der Waals surface area contributed by atoms with Crippen LogP contribution < -0.4 is 0 Å². The third kappa shape index (κ3) is 2.89. The average Bonchev–Trinajstić information content (AvgIpc) is 2.88. The molecule has 3 rings (SSSR count). The first-order chi connectivity index (χ1) is 7.47. The Morgan fingerprint density at radius 2 is 1.27 bits per heavy atom. The van der Waals surface area contributed by atoms with E-state index < -0.39 is 0 Å². The van der Waals surface area contributed by atoms with Gasteiger partial charge in [-0.3, -0.25) is 0 Å². The summed E-state index contributed by atoms with van der Waals surface area (Å²) in [4.78, 5) is 0. The van der Waals surface area contributed by atoms with E-state index in [0.717, 1.165) is 0 Å². The van der Waals surface area contributed by atoms with Gasteiger partial charge in [0.25, 0.3) is 0 Å². The Morgan fingerprint density at radius 1 is 0.733 bits per heavy atom. The fourth-order valence-corrected chi connectivity index (χ4v) is 1.66. The highest BCUT2D eigenvalue weighted by molar-refractivity contribution is 7.03. The Kier molecular flexibility index (Phi) is 3.47. The zero-order valence-corrected chi connectivity index (χ0v) is 9.02. The minimum Gasteiger partial charge on any atom is -0.201 e. The van der Waals surface area contributed by atoms with E-state index in [-0.39, 0.29) is 0 Å². The normalized spacial score (nSPS) is 9.33. The minimum absolute atomic E-state index is 1.31. The van der Waals surface area contributed by atoms with Crippen LogP contribution in [0.4, 0.5) is 0 Å². The van der Waals surface area contributed by atoms with E-state index in [1.165, 1.54) is 22.3 Å². The van der Waals surface area contributed by atoms with Gasteiger partial charge in [0.15, 0.2) is 0 Å². The molecule has 2 aromatic carbocycles. The van der Waals surface area contributed by atoms with Crippen molar-refractivity contribution in [3.05, 3.63) is 66.2 Å². The molecule has 1 nitrogen and oxygen atoms in total. The molecule has 0 amide bonds. The van der Waals surface area contributed by atoms with Crippen molar-refractivity contribution in [2.45, 2.75) is 0 Å². The second-order valence-electron chi connectivity index (χ2n) is 3.04. The van der Waals surface area contributed by atoms with Crippen LogP contribution in [-0.4, -0.2) is 4.37 Å². The second kappa shape index (κ2) is 5.27. The van der Waals surface area contributed by atoms with Crippen molar-refractivity contribution in [1.82, 2.24) is 4.37 Å². The van der Waals surface area contributed by atoms with E-state index in [9.17, 15) is 0 Å². The van der Waals surface area contributed by atoms with Crippen molar-refractivity contribution in [2.24, 2.45) is 0 Å². The van der Waals surface area contributed by atoms with Gasteiger partial charge in [-0.05, 0) is 28.4 Å². The maximum atomic E-state index is 3.76. The quantitative estimate of drug-likeness (QED) is 0.550. The van der Waals surface area contributed by atoms with E-state index in [2.05, 4.69) is 52.9 Å². The molecule has 15 heavy (non-hydrogen) atoms. The molecular weight excluding hydrogens is 202 g/mol. The predicted molar refractivity (Wildman–Crippen MR) is 66.1 cm³/mol. The molecule has 0 saturated carbocycles. The van der Waals surface area contributed by atoms with E-state index in [4.69, 9.17) is 0 Å². The van der Waals surface area contributed by atoms with Crippen molar-refractivity contribution < 1.29 is 0 Å². The van der Waals surface area contributed by atoms with Crippen LogP contribution in [0.25, 0.3) is 10.8 Å². The van der Waals surface area contributed by atoms with Gasteiger partial charge >= 0.3 is 0 Å². The number of rotatable bonds is 0. The monoisotopic (exact) mass is 213 g/mol. The topological polar surface area (TPSA) is 12.9 Å². The highest BCUT2D eigenvalue weighted by Gasteiger charge is 1.85. The largest absolute Gasteiger partial charge is 0.201 e. The summed E-state index contributed by atoms with van der Waals surface area (Å²) in [5.74, 6) is 0. The standard InChI is InChI=1S/C10H8.C3H3NS/c1-2-6-10-8-4-3-7-9(10)5-1;1-2-4-5-3-1/h1-8H;1-3H. The molecule has 2 heteroatoms. The maximum Gasteiger partial charge on any atom is 0.0406 e. The summed E-state index contributed by atoms with van der Waals surface area (Å²) < 4.78 is 3.76. The molecule has 0 saturated heterocycles. The Balaban J connectivity index is 0.000000144. The number of fused-ring (bicyclic) bond motifs is 1. The molecule has 0 radical (unpaired) electrons. The van der Waals surface area contributed by atoms with Gasteiger partial charge in [-0.2, -0.15) is 0 Å². The molecule has 0 atom stereocenters. The molecule has 1 aromatic heterocycles. The number of aromatic nitrogens is 1. The van der Waals surface area contributed by atoms with Gasteiger partial charge in [0.2, 0.25) is 0 Å². The van der Waals surface area contributed by atoms with Crippen molar-refractivity contribution in [2.75, 3.05) is 0 Å². The van der Waals surface area contributed by atoms with Gasteiger partial charge in [0.1, 0.15) is 0 Å². The van der Waals surface area contributed by atoms with Crippen LogP contribution in [0.5, 0.6) is 0 Å². The van der Waals surface area contributed by atoms with Crippen molar-refractivity contribution in [1.29, 1.82) is 0 Å². The summed E-state index contributed by atoms with van der Waals surface area (Å²) in [5.41, 5.74) is 0. The summed E-state index contributed by atoms with van der Waals surface area (Å²) in [6.45, 7) is 0. The molecule has 0 aliphatic rings. The van der Waals surface area contributed by atoms with Gasteiger partial charge in [-0.1, -0.05) is 48.5 Å². The van der Waals surface area contributed by atoms with Crippen LogP contribution in [0.3, 0.4) is 0 Å². The van der Waals surface area contributed by atoms with Crippen molar-refractivity contribution >= 4 is 22.3 Å². The first kappa shape index (κ1) is 9.87. The van der Waals surface area contributed by atoms with Crippen LogP contribution in [0.15, 0.2) is 66.2 Å². The lowest BCUT2D eigenvalue weighted by atomic mass is 10.1. The van der Waals surface area contributed by atoms with Crippen LogP contribution in [0.1, 0.15) is 0 Å².